The summed E-state index contributed by atoms with van der Waals surface area (Å²) < 4.78 is 50.2. The molecule has 0 saturated heterocycles. The van der Waals surface area contributed by atoms with Crippen molar-refractivity contribution in [1.82, 2.24) is 4.31 Å². The molecule has 0 aliphatic rings. The van der Waals surface area contributed by atoms with Crippen molar-refractivity contribution < 1.29 is 22.3 Å². The van der Waals surface area contributed by atoms with Gasteiger partial charge in [-0.25, -0.2) is 17.2 Å². The first kappa shape index (κ1) is 15.7. The van der Waals surface area contributed by atoms with Crippen molar-refractivity contribution in [3.05, 3.63) is 27.8 Å². The van der Waals surface area contributed by atoms with Gasteiger partial charge in [-0.1, -0.05) is 0 Å². The van der Waals surface area contributed by atoms with E-state index in [1.807, 2.05) is 22.6 Å². The Morgan fingerprint density at radius 3 is 2.28 bits per heavy atom. The molecule has 4 nitrogen and oxygen atoms in total. The maximum Gasteiger partial charge on any atom is 0.252 e. The van der Waals surface area contributed by atoms with Crippen molar-refractivity contribution in [3.8, 4) is 0 Å². The average molecular weight is 391 g/mol. The maximum atomic E-state index is 12.3. The van der Waals surface area contributed by atoms with Gasteiger partial charge in [-0.05, 0) is 46.9 Å². The van der Waals surface area contributed by atoms with Gasteiger partial charge in [0.25, 0.3) is 6.43 Å². The number of rotatable bonds is 6. The van der Waals surface area contributed by atoms with Crippen LogP contribution < -0.4 is 0 Å². The average Bonchev–Trinajstić information content (AvgIpc) is 2.28. The first-order chi connectivity index (χ1) is 8.37. The molecule has 0 atom stereocenters. The van der Waals surface area contributed by atoms with Gasteiger partial charge in [-0.15, -0.1) is 0 Å². The zero-order chi connectivity index (χ0) is 13.8. The number of aliphatic hydroxyl groups is 1. The Kier molecular flexibility index (Phi) is 5.89. The highest BCUT2D eigenvalue weighted by Gasteiger charge is 2.26. The number of hydrogen-bond donors (Lipinski definition) is 1. The van der Waals surface area contributed by atoms with Gasteiger partial charge in [-0.3, -0.25) is 0 Å². The van der Waals surface area contributed by atoms with Crippen LogP contribution >= 0.6 is 22.6 Å². The Hall–Kier alpha value is -0.320. The fourth-order valence-electron chi connectivity index (χ4n) is 1.33. The van der Waals surface area contributed by atoms with E-state index >= 15 is 0 Å². The summed E-state index contributed by atoms with van der Waals surface area (Å²) in [7, 11) is -3.99. The Balaban J connectivity index is 3.04. The summed E-state index contributed by atoms with van der Waals surface area (Å²) >= 11 is 2.01. The molecule has 1 aromatic rings. The molecular formula is C10H12F2INO3S. The van der Waals surface area contributed by atoms with Crippen molar-refractivity contribution in [2.45, 2.75) is 11.3 Å². The first-order valence-corrected chi connectivity index (χ1v) is 7.54. The molecule has 0 radical (unpaired) electrons. The maximum absolute atomic E-state index is 12.3. The Labute approximate surface area is 118 Å². The third-order valence-corrected chi connectivity index (χ3v) is 4.74. The van der Waals surface area contributed by atoms with Gasteiger partial charge in [0.2, 0.25) is 10.0 Å². The van der Waals surface area contributed by atoms with Crippen molar-refractivity contribution in [2.24, 2.45) is 0 Å². The molecule has 1 rings (SSSR count). The molecular weight excluding hydrogens is 379 g/mol. The second kappa shape index (κ2) is 6.73. The van der Waals surface area contributed by atoms with Gasteiger partial charge in [0.1, 0.15) is 0 Å². The number of nitrogens with zero attached hydrogens (tertiary/aromatic N) is 1. The molecule has 0 fully saturated rings. The topological polar surface area (TPSA) is 57.6 Å². The summed E-state index contributed by atoms with van der Waals surface area (Å²) in [5.74, 6) is 0. The monoisotopic (exact) mass is 391 g/mol. The Morgan fingerprint density at radius 1 is 1.28 bits per heavy atom. The zero-order valence-electron chi connectivity index (χ0n) is 9.26. The van der Waals surface area contributed by atoms with Crippen LogP contribution in [0.4, 0.5) is 8.78 Å². The van der Waals surface area contributed by atoms with Gasteiger partial charge in [-0.2, -0.15) is 4.31 Å². The number of alkyl halides is 2. The van der Waals surface area contributed by atoms with Crippen LogP contribution in [0.3, 0.4) is 0 Å². The molecule has 102 valence electrons. The molecule has 0 heterocycles. The Morgan fingerprint density at radius 2 is 1.83 bits per heavy atom. The van der Waals surface area contributed by atoms with Gasteiger partial charge >= 0.3 is 0 Å². The molecule has 0 aliphatic carbocycles. The number of benzene rings is 1. The first-order valence-electron chi connectivity index (χ1n) is 5.02. The van der Waals surface area contributed by atoms with E-state index in [2.05, 4.69) is 0 Å². The van der Waals surface area contributed by atoms with Gasteiger partial charge < -0.3 is 5.11 Å². The van der Waals surface area contributed by atoms with Crippen molar-refractivity contribution in [2.75, 3.05) is 19.7 Å². The summed E-state index contributed by atoms with van der Waals surface area (Å²) in [4.78, 5) is -0.0583. The lowest BCUT2D eigenvalue weighted by Crippen LogP contribution is -2.37. The zero-order valence-corrected chi connectivity index (χ0v) is 12.2. The molecule has 0 unspecified atom stereocenters. The lowest BCUT2D eigenvalue weighted by Gasteiger charge is -2.20. The lowest BCUT2D eigenvalue weighted by atomic mass is 10.4. The third-order valence-electron chi connectivity index (χ3n) is 2.14. The van der Waals surface area contributed by atoms with Crippen LogP contribution in [0, 0.1) is 3.57 Å². The van der Waals surface area contributed by atoms with E-state index in [0.717, 1.165) is 3.57 Å². The molecule has 0 bridgehead atoms. The molecule has 18 heavy (non-hydrogen) atoms. The van der Waals surface area contributed by atoms with Crippen LogP contribution in [0.5, 0.6) is 0 Å². The Bertz CT molecular complexity index is 478. The van der Waals surface area contributed by atoms with Crippen molar-refractivity contribution in [1.29, 1.82) is 0 Å². The summed E-state index contributed by atoms with van der Waals surface area (Å²) in [6.07, 6.45) is -2.78. The van der Waals surface area contributed by atoms with Gasteiger partial charge in [0, 0.05) is 10.1 Å². The number of halogens is 3. The highest BCUT2D eigenvalue weighted by Crippen LogP contribution is 2.18. The molecule has 1 N–H and O–H groups in total. The number of hydrogen-bond acceptors (Lipinski definition) is 3. The van der Waals surface area contributed by atoms with E-state index in [4.69, 9.17) is 5.11 Å². The number of aliphatic hydroxyl groups excluding tert-OH is 1. The van der Waals surface area contributed by atoms with Crippen LogP contribution in [0.1, 0.15) is 0 Å². The molecule has 0 aromatic heterocycles. The fraction of sp³-hybridized carbons (Fsp3) is 0.400. The molecule has 0 spiro atoms. The largest absolute Gasteiger partial charge is 0.395 e. The van der Waals surface area contributed by atoms with Crippen molar-refractivity contribution >= 4 is 32.6 Å². The number of sulfonamides is 1. The fourth-order valence-corrected chi connectivity index (χ4v) is 3.10. The summed E-state index contributed by atoms with van der Waals surface area (Å²) in [5.41, 5.74) is 0. The molecule has 8 heteroatoms. The summed E-state index contributed by atoms with van der Waals surface area (Å²) in [6.45, 7) is -1.77. The van der Waals surface area contributed by atoms with Crippen LogP contribution in [-0.4, -0.2) is 44.0 Å². The van der Waals surface area contributed by atoms with E-state index in [0.29, 0.717) is 4.31 Å². The molecule has 1 aromatic carbocycles. The van der Waals surface area contributed by atoms with E-state index in [9.17, 15) is 17.2 Å². The molecule has 0 saturated carbocycles. The normalized spacial score (nSPS) is 12.3. The standard InChI is InChI=1S/C10H12F2INO3S/c11-10(12)7-14(5-6-15)18(16,17)9-3-1-8(13)2-4-9/h1-4,10,15H,5-7H2. The predicted octanol–water partition coefficient (Wildman–Crippen LogP) is 1.54. The van der Waals surface area contributed by atoms with Crippen LogP contribution in [0.25, 0.3) is 0 Å². The second-order valence-corrected chi connectivity index (χ2v) is 6.62. The van der Waals surface area contributed by atoms with E-state index in [1.165, 1.54) is 12.1 Å². The van der Waals surface area contributed by atoms with E-state index in [-0.39, 0.29) is 11.4 Å². The second-order valence-electron chi connectivity index (χ2n) is 3.43. The minimum Gasteiger partial charge on any atom is -0.395 e. The predicted molar refractivity (Wildman–Crippen MR) is 71.0 cm³/mol. The lowest BCUT2D eigenvalue weighted by molar-refractivity contribution is 0.113. The minimum atomic E-state index is -3.99. The molecule has 0 aliphatic heterocycles. The SMILES string of the molecule is O=S(=O)(c1ccc(I)cc1)N(CCO)CC(F)F. The van der Waals surface area contributed by atoms with Gasteiger partial charge in [0.05, 0.1) is 18.0 Å². The minimum absolute atomic E-state index is 0.0583. The van der Waals surface area contributed by atoms with E-state index < -0.39 is 29.6 Å². The van der Waals surface area contributed by atoms with Crippen LogP contribution in [-0.2, 0) is 10.0 Å². The van der Waals surface area contributed by atoms with E-state index in [1.54, 1.807) is 12.1 Å². The van der Waals surface area contributed by atoms with Gasteiger partial charge in [0.15, 0.2) is 0 Å². The molecule has 0 amide bonds. The smallest absolute Gasteiger partial charge is 0.252 e. The highest BCUT2D eigenvalue weighted by atomic mass is 127. The van der Waals surface area contributed by atoms with Crippen LogP contribution in [0.2, 0.25) is 0 Å². The van der Waals surface area contributed by atoms with Crippen molar-refractivity contribution in [3.63, 3.8) is 0 Å². The quantitative estimate of drug-likeness (QED) is 0.749. The third kappa shape index (κ3) is 4.11. The van der Waals surface area contributed by atoms with Crippen LogP contribution in [0.15, 0.2) is 29.2 Å². The highest BCUT2D eigenvalue weighted by molar-refractivity contribution is 14.1. The summed E-state index contributed by atoms with van der Waals surface area (Å²) in [5, 5.41) is 8.75. The summed E-state index contributed by atoms with van der Waals surface area (Å²) in [6, 6.07) is 5.86.